The monoisotopic (exact) mass is 351 g/mol. The van der Waals surface area contributed by atoms with Gasteiger partial charge in [0.05, 0.1) is 0 Å². The second-order valence-corrected chi connectivity index (χ2v) is 7.45. The summed E-state index contributed by atoms with van der Waals surface area (Å²) in [6.45, 7) is 1.41. The summed E-state index contributed by atoms with van der Waals surface area (Å²) in [5, 5.41) is 10.9. The van der Waals surface area contributed by atoms with Gasteiger partial charge in [0.2, 0.25) is 5.03 Å². The Hall–Kier alpha value is -0.510. The van der Waals surface area contributed by atoms with Crippen molar-refractivity contribution in [2.45, 2.75) is 30.3 Å². The average Bonchev–Trinajstić information content (AvgIpc) is 2.70. The molecule has 108 valence electrons. The molecule has 0 aliphatic carbocycles. The van der Waals surface area contributed by atoms with E-state index in [4.69, 9.17) is 0 Å². The summed E-state index contributed by atoms with van der Waals surface area (Å²) < 4.78 is 27.8. The van der Waals surface area contributed by atoms with Gasteiger partial charge in [-0.05, 0) is 35.3 Å². The molecule has 2 rings (SSSR count). The van der Waals surface area contributed by atoms with Gasteiger partial charge in [-0.1, -0.05) is 11.6 Å². The molecule has 1 unspecified atom stereocenters. The van der Waals surface area contributed by atoms with Crippen LogP contribution in [0.4, 0.5) is 0 Å². The predicted octanol–water partition coefficient (Wildman–Crippen LogP) is 0.340. The summed E-state index contributed by atoms with van der Waals surface area (Å²) >= 11 is 3.13. The van der Waals surface area contributed by atoms with Crippen molar-refractivity contribution < 1.29 is 8.42 Å². The molecule has 0 amide bonds. The molecule has 7 nitrogen and oxygen atoms in total. The van der Waals surface area contributed by atoms with Crippen LogP contribution in [0.5, 0.6) is 0 Å². The van der Waals surface area contributed by atoms with Crippen LogP contribution in [0.1, 0.15) is 19.3 Å². The van der Waals surface area contributed by atoms with E-state index >= 15 is 0 Å². The highest BCUT2D eigenvalue weighted by Gasteiger charge is 2.30. The minimum absolute atomic E-state index is 0.0887. The number of rotatable bonds is 4. The minimum atomic E-state index is -3.57. The number of nitrogens with one attached hydrogen (secondary N) is 1. The molecule has 1 fully saturated rings. The molecular weight excluding hydrogens is 334 g/mol. The number of sulfonamides is 1. The maximum Gasteiger partial charge on any atom is 0.262 e. The summed E-state index contributed by atoms with van der Waals surface area (Å²) in [5.41, 5.74) is 0. The summed E-state index contributed by atoms with van der Waals surface area (Å²) in [7, 11) is -0.417. The third-order valence-electron chi connectivity index (χ3n) is 3.28. The zero-order valence-corrected chi connectivity index (χ0v) is 13.4. The van der Waals surface area contributed by atoms with Crippen molar-refractivity contribution >= 4 is 26.0 Å². The number of hydrogen-bond acceptors (Lipinski definition) is 5. The first-order chi connectivity index (χ1) is 8.93. The molecule has 0 radical (unpaired) electrons. The van der Waals surface area contributed by atoms with E-state index in [1.54, 1.807) is 14.1 Å². The number of aryl methyl sites for hydroxylation is 1. The fraction of sp³-hybridized carbons (Fsp3) is 0.800. The first kappa shape index (κ1) is 14.9. The van der Waals surface area contributed by atoms with Gasteiger partial charge in [0, 0.05) is 26.7 Å². The van der Waals surface area contributed by atoms with Gasteiger partial charge < -0.3 is 5.32 Å². The van der Waals surface area contributed by atoms with Crippen molar-refractivity contribution in [3.8, 4) is 0 Å². The van der Waals surface area contributed by atoms with Gasteiger partial charge in [-0.25, -0.2) is 13.1 Å². The Kier molecular flexibility index (Phi) is 4.59. The fourth-order valence-corrected chi connectivity index (χ4v) is 4.47. The molecule has 0 aromatic carbocycles. The molecular formula is C10H18BrN5O2S. The average molecular weight is 352 g/mol. The van der Waals surface area contributed by atoms with Gasteiger partial charge in [0.25, 0.3) is 10.0 Å². The zero-order chi connectivity index (χ0) is 14.0. The normalized spacial score (nSPS) is 20.9. The molecule has 2 heterocycles. The number of aromatic nitrogens is 3. The first-order valence-corrected chi connectivity index (χ1v) is 8.41. The van der Waals surface area contributed by atoms with Crippen molar-refractivity contribution in [2.75, 3.05) is 20.1 Å². The lowest BCUT2D eigenvalue weighted by atomic mass is 10.1. The van der Waals surface area contributed by atoms with Crippen LogP contribution in [0.3, 0.4) is 0 Å². The highest BCUT2D eigenvalue weighted by atomic mass is 79.9. The Morgan fingerprint density at radius 3 is 2.79 bits per heavy atom. The highest BCUT2D eigenvalue weighted by Crippen LogP contribution is 2.22. The lowest BCUT2D eigenvalue weighted by Crippen LogP contribution is -2.44. The summed E-state index contributed by atoms with van der Waals surface area (Å²) in [6.07, 6.45) is 3.30. The fourth-order valence-electron chi connectivity index (χ4n) is 2.23. The standard InChI is InChI=1S/C10H18BrN5O2S/c1-15(7-8-5-3-4-6-12-8)19(17,18)10-9(11)13-14-16(10)2/h8,12H,3-7H2,1-2H3. The number of likely N-dealkylation sites (N-methyl/N-ethyl adjacent to an activating group) is 1. The SMILES string of the molecule is CN(CC1CCCCN1)S(=O)(=O)c1c(Br)nnn1C. The van der Waals surface area contributed by atoms with E-state index in [2.05, 4.69) is 31.6 Å². The number of halogens is 1. The molecule has 19 heavy (non-hydrogen) atoms. The van der Waals surface area contributed by atoms with E-state index in [9.17, 15) is 8.42 Å². The summed E-state index contributed by atoms with van der Waals surface area (Å²) in [4.78, 5) is 0. The smallest absolute Gasteiger partial charge is 0.262 e. The lowest BCUT2D eigenvalue weighted by molar-refractivity contribution is 0.336. The van der Waals surface area contributed by atoms with Gasteiger partial charge >= 0.3 is 0 Å². The third kappa shape index (κ3) is 3.15. The second-order valence-electron chi connectivity index (χ2n) is 4.74. The van der Waals surface area contributed by atoms with E-state index in [-0.39, 0.29) is 15.7 Å². The molecule has 1 saturated heterocycles. The van der Waals surface area contributed by atoms with Crippen LogP contribution in [0.25, 0.3) is 0 Å². The lowest BCUT2D eigenvalue weighted by Gasteiger charge is -2.27. The van der Waals surface area contributed by atoms with Crippen molar-refractivity contribution in [1.29, 1.82) is 0 Å². The third-order valence-corrected chi connectivity index (χ3v) is 5.99. The van der Waals surface area contributed by atoms with Crippen molar-refractivity contribution in [1.82, 2.24) is 24.6 Å². The molecule has 1 aliphatic rings. The van der Waals surface area contributed by atoms with E-state index in [0.29, 0.717) is 6.54 Å². The quantitative estimate of drug-likeness (QED) is 0.845. The van der Waals surface area contributed by atoms with Crippen molar-refractivity contribution in [3.63, 3.8) is 0 Å². The molecule has 1 aromatic rings. The maximum absolute atomic E-state index is 12.5. The number of nitrogens with zero attached hydrogens (tertiary/aromatic N) is 4. The molecule has 0 bridgehead atoms. The van der Waals surface area contributed by atoms with Crippen LogP contribution in [-0.4, -0.2) is 53.9 Å². The molecule has 1 aliphatic heterocycles. The van der Waals surface area contributed by atoms with Crippen LogP contribution >= 0.6 is 15.9 Å². The second kappa shape index (κ2) is 5.86. The highest BCUT2D eigenvalue weighted by molar-refractivity contribution is 9.10. The first-order valence-electron chi connectivity index (χ1n) is 6.18. The van der Waals surface area contributed by atoms with Crippen LogP contribution in [0.15, 0.2) is 9.63 Å². The molecule has 0 spiro atoms. The molecule has 1 aromatic heterocycles. The van der Waals surface area contributed by atoms with Crippen molar-refractivity contribution in [2.24, 2.45) is 7.05 Å². The zero-order valence-electron chi connectivity index (χ0n) is 11.0. The van der Waals surface area contributed by atoms with E-state index in [0.717, 1.165) is 25.8 Å². The maximum atomic E-state index is 12.5. The van der Waals surface area contributed by atoms with Gasteiger partial charge in [-0.3, -0.25) is 0 Å². The number of piperidine rings is 1. The van der Waals surface area contributed by atoms with E-state index in [1.165, 1.54) is 8.99 Å². The molecule has 1 N–H and O–H groups in total. The van der Waals surface area contributed by atoms with Gasteiger partial charge in [-0.2, -0.15) is 4.31 Å². The van der Waals surface area contributed by atoms with E-state index in [1.807, 2.05) is 0 Å². The predicted molar refractivity (Wildman–Crippen MR) is 74.2 cm³/mol. The van der Waals surface area contributed by atoms with Gasteiger partial charge in [0.1, 0.15) is 0 Å². The Morgan fingerprint density at radius 1 is 1.53 bits per heavy atom. The van der Waals surface area contributed by atoms with E-state index < -0.39 is 10.0 Å². The topological polar surface area (TPSA) is 80.1 Å². The largest absolute Gasteiger partial charge is 0.313 e. The molecule has 9 heteroatoms. The van der Waals surface area contributed by atoms with Crippen LogP contribution in [-0.2, 0) is 17.1 Å². The van der Waals surface area contributed by atoms with Crippen LogP contribution in [0.2, 0.25) is 0 Å². The van der Waals surface area contributed by atoms with Gasteiger partial charge in [-0.15, -0.1) is 5.10 Å². The molecule has 0 saturated carbocycles. The van der Waals surface area contributed by atoms with Gasteiger partial charge in [0.15, 0.2) is 4.60 Å². The Morgan fingerprint density at radius 2 is 2.26 bits per heavy atom. The molecule has 1 atom stereocenters. The number of hydrogen-bond donors (Lipinski definition) is 1. The summed E-state index contributed by atoms with van der Waals surface area (Å²) in [6, 6.07) is 0.216. The Balaban J connectivity index is 2.15. The minimum Gasteiger partial charge on any atom is -0.313 e. The van der Waals surface area contributed by atoms with Crippen LogP contribution < -0.4 is 5.32 Å². The summed E-state index contributed by atoms with van der Waals surface area (Å²) in [5.74, 6) is 0. The van der Waals surface area contributed by atoms with Crippen molar-refractivity contribution in [3.05, 3.63) is 4.60 Å². The van der Waals surface area contributed by atoms with Crippen LogP contribution in [0, 0.1) is 0 Å². The Bertz CT molecular complexity index is 519. The Labute approximate surface area is 121 Å².